The summed E-state index contributed by atoms with van der Waals surface area (Å²) in [6, 6.07) is 4.88. The lowest BCUT2D eigenvalue weighted by atomic mass is 10.2. The topological polar surface area (TPSA) is 101 Å². The number of thiocarbonyl (C=S) groups is 1. The van der Waals surface area contributed by atoms with E-state index in [1.54, 1.807) is 25.1 Å². The highest BCUT2D eigenvalue weighted by molar-refractivity contribution is 9.10. The van der Waals surface area contributed by atoms with Crippen LogP contribution >= 0.6 is 28.1 Å². The zero-order valence-electron chi connectivity index (χ0n) is 10.3. The van der Waals surface area contributed by atoms with Crippen molar-refractivity contribution in [2.45, 2.75) is 11.9 Å². The molecule has 0 saturated carbocycles. The van der Waals surface area contributed by atoms with Crippen molar-refractivity contribution >= 4 is 48.8 Å². The Kier molecular flexibility index (Phi) is 4.11. The van der Waals surface area contributed by atoms with Crippen LogP contribution in [0.2, 0.25) is 0 Å². The molecule has 0 fully saturated rings. The molecule has 0 aliphatic carbocycles. The number of halogens is 1. The van der Waals surface area contributed by atoms with Crippen molar-refractivity contribution < 1.29 is 8.42 Å². The number of aromatic nitrogens is 2. The smallest absolute Gasteiger partial charge is 0.279 e. The molecule has 0 atom stereocenters. The third-order valence-electron chi connectivity index (χ3n) is 2.47. The van der Waals surface area contributed by atoms with Gasteiger partial charge >= 0.3 is 0 Å². The molecule has 1 aromatic carbocycles. The van der Waals surface area contributed by atoms with Gasteiger partial charge < -0.3 is 10.7 Å². The summed E-state index contributed by atoms with van der Waals surface area (Å²) >= 11 is 8.14. The first-order valence-electron chi connectivity index (χ1n) is 5.43. The van der Waals surface area contributed by atoms with E-state index in [1.807, 2.05) is 0 Å². The molecule has 1 aromatic heterocycles. The van der Waals surface area contributed by atoms with Gasteiger partial charge in [-0.2, -0.15) is 8.42 Å². The van der Waals surface area contributed by atoms with Crippen LogP contribution in [0.25, 0.3) is 0 Å². The molecule has 20 heavy (non-hydrogen) atoms. The number of anilines is 1. The minimum Gasteiger partial charge on any atom is -0.389 e. The maximum Gasteiger partial charge on any atom is 0.279 e. The molecule has 0 aliphatic heterocycles. The van der Waals surface area contributed by atoms with Crippen LogP contribution in [0.4, 0.5) is 5.69 Å². The second kappa shape index (κ2) is 5.51. The molecule has 106 valence electrons. The molecular weight excluding hydrogens is 364 g/mol. The molecule has 0 saturated heterocycles. The lowest BCUT2D eigenvalue weighted by Gasteiger charge is -2.09. The number of aryl methyl sites for hydroxylation is 1. The molecular formula is C11H11BrN4O2S2. The average molecular weight is 375 g/mol. The first-order chi connectivity index (χ1) is 9.29. The van der Waals surface area contributed by atoms with E-state index in [0.717, 1.165) is 0 Å². The van der Waals surface area contributed by atoms with Crippen molar-refractivity contribution in [3.8, 4) is 0 Å². The minimum absolute atomic E-state index is 0.000298. The van der Waals surface area contributed by atoms with Crippen LogP contribution in [0, 0.1) is 6.92 Å². The number of benzene rings is 1. The summed E-state index contributed by atoms with van der Waals surface area (Å²) in [5, 5.41) is 0.000298. The maximum absolute atomic E-state index is 12.1. The van der Waals surface area contributed by atoms with Crippen LogP contribution < -0.4 is 10.5 Å². The van der Waals surface area contributed by atoms with Gasteiger partial charge in [0.05, 0.1) is 11.9 Å². The number of nitrogens with one attached hydrogen (secondary N) is 2. The molecule has 1 heterocycles. The van der Waals surface area contributed by atoms with E-state index in [4.69, 9.17) is 18.0 Å². The standard InChI is InChI=1S/C11H11BrN4O2S2/c1-6-14-5-10(15-6)20(17,18)16-9-3-2-7(11(13)19)4-8(9)12/h2-5,16H,1H3,(H2,13,19)(H,14,15). The van der Waals surface area contributed by atoms with Gasteiger partial charge in [0.25, 0.3) is 10.0 Å². The van der Waals surface area contributed by atoms with E-state index >= 15 is 0 Å². The summed E-state index contributed by atoms with van der Waals surface area (Å²) in [5.74, 6) is 0.522. The van der Waals surface area contributed by atoms with Crippen LogP contribution in [0.5, 0.6) is 0 Å². The molecule has 9 heteroatoms. The Labute approximate surface area is 130 Å². The second-order valence-corrected chi connectivity index (χ2v) is 6.94. The Morgan fingerprint density at radius 1 is 1.50 bits per heavy atom. The van der Waals surface area contributed by atoms with Crippen molar-refractivity contribution in [3.05, 3.63) is 40.3 Å². The van der Waals surface area contributed by atoms with Gasteiger partial charge in [-0.25, -0.2) is 4.98 Å². The van der Waals surface area contributed by atoms with Crippen molar-refractivity contribution in [3.63, 3.8) is 0 Å². The summed E-state index contributed by atoms with van der Waals surface area (Å²) in [7, 11) is -3.71. The Bertz CT molecular complexity index is 770. The van der Waals surface area contributed by atoms with E-state index in [-0.39, 0.29) is 10.0 Å². The zero-order chi connectivity index (χ0) is 14.9. The third-order valence-corrected chi connectivity index (χ3v) is 4.63. The summed E-state index contributed by atoms with van der Waals surface area (Å²) in [5.41, 5.74) is 6.54. The number of nitrogens with zero attached hydrogens (tertiary/aromatic N) is 1. The van der Waals surface area contributed by atoms with E-state index in [0.29, 0.717) is 21.5 Å². The van der Waals surface area contributed by atoms with Gasteiger partial charge in [0.15, 0.2) is 5.03 Å². The summed E-state index contributed by atoms with van der Waals surface area (Å²) in [6.07, 6.45) is 1.26. The molecule has 2 aromatic rings. The highest BCUT2D eigenvalue weighted by Crippen LogP contribution is 2.26. The predicted octanol–water partition coefficient (Wildman–Crippen LogP) is 1.92. The number of rotatable bonds is 4. The fraction of sp³-hybridized carbons (Fsp3) is 0.0909. The van der Waals surface area contributed by atoms with E-state index in [2.05, 4.69) is 30.6 Å². The molecule has 2 rings (SSSR count). The fourth-order valence-electron chi connectivity index (χ4n) is 1.49. The Morgan fingerprint density at radius 2 is 2.20 bits per heavy atom. The largest absolute Gasteiger partial charge is 0.389 e. The van der Waals surface area contributed by atoms with E-state index < -0.39 is 10.0 Å². The lowest BCUT2D eigenvalue weighted by molar-refractivity contribution is 0.598. The third kappa shape index (κ3) is 3.17. The zero-order valence-corrected chi connectivity index (χ0v) is 13.6. The first-order valence-corrected chi connectivity index (χ1v) is 8.12. The predicted molar refractivity (Wildman–Crippen MR) is 84.2 cm³/mol. The quantitative estimate of drug-likeness (QED) is 0.709. The van der Waals surface area contributed by atoms with Crippen molar-refractivity contribution in [2.75, 3.05) is 4.72 Å². The van der Waals surface area contributed by atoms with Crippen LogP contribution in [-0.4, -0.2) is 23.4 Å². The molecule has 0 spiro atoms. The van der Waals surface area contributed by atoms with Crippen LogP contribution in [0.3, 0.4) is 0 Å². The normalized spacial score (nSPS) is 11.3. The highest BCUT2D eigenvalue weighted by atomic mass is 79.9. The number of H-pyrrole nitrogens is 1. The Balaban J connectivity index is 2.32. The summed E-state index contributed by atoms with van der Waals surface area (Å²) in [6.45, 7) is 1.67. The van der Waals surface area contributed by atoms with Gasteiger partial charge in [0.2, 0.25) is 0 Å². The minimum atomic E-state index is -3.71. The van der Waals surface area contributed by atoms with Crippen molar-refractivity contribution in [2.24, 2.45) is 5.73 Å². The first kappa shape index (κ1) is 14.9. The van der Waals surface area contributed by atoms with Crippen LogP contribution in [0.15, 0.2) is 33.9 Å². The highest BCUT2D eigenvalue weighted by Gasteiger charge is 2.18. The molecule has 0 aliphatic rings. The molecule has 0 unspecified atom stereocenters. The number of imidazole rings is 1. The molecule has 0 bridgehead atoms. The van der Waals surface area contributed by atoms with Gasteiger partial charge in [0, 0.05) is 10.0 Å². The SMILES string of the molecule is Cc1ncc(S(=O)(=O)Nc2ccc(C(N)=S)cc2Br)[nH]1. The number of sulfonamides is 1. The van der Waals surface area contributed by atoms with Gasteiger partial charge in [-0.05, 0) is 41.1 Å². The second-order valence-electron chi connectivity index (χ2n) is 4.00. The van der Waals surface area contributed by atoms with Gasteiger partial charge in [0.1, 0.15) is 10.8 Å². The van der Waals surface area contributed by atoms with Crippen LogP contribution in [-0.2, 0) is 10.0 Å². The monoisotopic (exact) mass is 374 g/mol. The van der Waals surface area contributed by atoms with E-state index in [1.165, 1.54) is 6.20 Å². The number of hydrogen-bond donors (Lipinski definition) is 3. The average Bonchev–Trinajstić information content (AvgIpc) is 2.79. The Morgan fingerprint density at radius 3 is 2.70 bits per heavy atom. The summed E-state index contributed by atoms with van der Waals surface area (Å²) in [4.78, 5) is 6.77. The van der Waals surface area contributed by atoms with Crippen molar-refractivity contribution in [1.82, 2.24) is 9.97 Å². The summed E-state index contributed by atoms with van der Waals surface area (Å²) < 4.78 is 27.3. The number of aromatic amines is 1. The van der Waals surface area contributed by atoms with Gasteiger partial charge in [-0.15, -0.1) is 0 Å². The molecule has 4 N–H and O–H groups in total. The Hall–Kier alpha value is -1.45. The molecule has 6 nitrogen and oxygen atoms in total. The lowest BCUT2D eigenvalue weighted by Crippen LogP contribution is -2.14. The van der Waals surface area contributed by atoms with E-state index in [9.17, 15) is 8.42 Å². The van der Waals surface area contributed by atoms with Crippen molar-refractivity contribution in [1.29, 1.82) is 0 Å². The molecule has 0 radical (unpaired) electrons. The van der Waals surface area contributed by atoms with Crippen LogP contribution in [0.1, 0.15) is 11.4 Å². The number of hydrogen-bond acceptors (Lipinski definition) is 4. The number of nitrogens with two attached hydrogens (primary N) is 1. The molecule has 0 amide bonds. The van der Waals surface area contributed by atoms with Gasteiger partial charge in [-0.1, -0.05) is 12.2 Å². The maximum atomic E-state index is 12.1. The van der Waals surface area contributed by atoms with Gasteiger partial charge in [-0.3, -0.25) is 4.72 Å². The fourth-order valence-corrected chi connectivity index (χ4v) is 3.27.